The van der Waals surface area contributed by atoms with Crippen LogP contribution in [-0.4, -0.2) is 43.2 Å². The third-order valence-corrected chi connectivity index (χ3v) is 7.28. The fourth-order valence-corrected chi connectivity index (χ4v) is 5.99. The molecule has 0 saturated heterocycles. The van der Waals surface area contributed by atoms with E-state index in [9.17, 15) is 4.79 Å². The quantitative estimate of drug-likeness (QED) is 0.333. The summed E-state index contributed by atoms with van der Waals surface area (Å²) in [5.41, 5.74) is -0.0882. The Balaban J connectivity index is 0.00000192. The van der Waals surface area contributed by atoms with Gasteiger partial charge >= 0.3 is 5.97 Å². The molecule has 0 N–H and O–H groups in total. The highest BCUT2D eigenvalue weighted by Gasteiger charge is 2.55. The number of quaternary nitrogens is 1. The standard InChI is InChI=1S/C19H34NO2.HI/c1-4-20(5-2,6-3)7-8-22-18(21)19-12-15-9-16(13-19)11-17(10-15)14-19;/h15-17H,4-14H2,1-3H3;1H/q+1;/p-1. The number of rotatable bonds is 7. The highest BCUT2D eigenvalue weighted by atomic mass is 127. The molecular formula is C19H34INO2. The lowest BCUT2D eigenvalue weighted by Gasteiger charge is -2.55. The molecule has 0 amide bonds. The van der Waals surface area contributed by atoms with Crippen molar-refractivity contribution in [1.82, 2.24) is 0 Å². The number of nitrogens with zero attached hydrogens (tertiary/aromatic N) is 1. The number of carbonyl (C=O) groups is 1. The van der Waals surface area contributed by atoms with Gasteiger partial charge in [0.05, 0.1) is 25.0 Å². The monoisotopic (exact) mass is 435 g/mol. The third kappa shape index (κ3) is 3.73. The van der Waals surface area contributed by atoms with Gasteiger partial charge in [-0.25, -0.2) is 0 Å². The average molecular weight is 435 g/mol. The van der Waals surface area contributed by atoms with Gasteiger partial charge in [0, 0.05) is 0 Å². The fraction of sp³-hybridized carbons (Fsp3) is 0.947. The Bertz CT molecular complexity index is 376. The molecule has 4 aliphatic rings. The molecule has 4 saturated carbocycles. The van der Waals surface area contributed by atoms with Gasteiger partial charge in [-0.05, 0) is 77.0 Å². The van der Waals surface area contributed by atoms with E-state index >= 15 is 0 Å². The van der Waals surface area contributed by atoms with E-state index in [-0.39, 0.29) is 35.4 Å². The Morgan fingerprint density at radius 1 is 0.957 bits per heavy atom. The Kier molecular flexibility index (Phi) is 6.43. The van der Waals surface area contributed by atoms with Crippen molar-refractivity contribution < 1.29 is 38.0 Å². The number of hydrogen-bond donors (Lipinski definition) is 0. The number of halogens is 1. The van der Waals surface area contributed by atoms with Crippen LogP contribution in [0.4, 0.5) is 0 Å². The van der Waals surface area contributed by atoms with E-state index in [1.54, 1.807) is 0 Å². The van der Waals surface area contributed by atoms with Crippen molar-refractivity contribution in [3.05, 3.63) is 0 Å². The average Bonchev–Trinajstić information content (AvgIpc) is 2.50. The van der Waals surface area contributed by atoms with Gasteiger partial charge in [-0.1, -0.05) is 0 Å². The summed E-state index contributed by atoms with van der Waals surface area (Å²) in [6.45, 7) is 11.7. The van der Waals surface area contributed by atoms with Crippen molar-refractivity contribution in [3.63, 3.8) is 0 Å². The van der Waals surface area contributed by atoms with Gasteiger partial charge in [0.15, 0.2) is 0 Å². The van der Waals surface area contributed by atoms with Gasteiger partial charge in [-0.2, -0.15) is 0 Å². The Morgan fingerprint density at radius 3 is 1.78 bits per heavy atom. The van der Waals surface area contributed by atoms with Crippen LogP contribution in [-0.2, 0) is 9.53 Å². The summed E-state index contributed by atoms with van der Waals surface area (Å²) in [5.74, 6) is 2.59. The first-order chi connectivity index (χ1) is 10.5. The Labute approximate surface area is 159 Å². The number of ether oxygens (including phenoxy) is 1. The van der Waals surface area contributed by atoms with Crippen LogP contribution in [0.1, 0.15) is 59.3 Å². The minimum absolute atomic E-state index is 0. The molecule has 23 heavy (non-hydrogen) atoms. The second-order valence-corrected chi connectivity index (χ2v) is 8.35. The normalized spacial score (nSPS) is 35.0. The third-order valence-electron chi connectivity index (χ3n) is 7.28. The van der Waals surface area contributed by atoms with E-state index in [4.69, 9.17) is 4.74 Å². The number of esters is 1. The van der Waals surface area contributed by atoms with Gasteiger partial charge in [-0.3, -0.25) is 4.79 Å². The largest absolute Gasteiger partial charge is 1.00 e. The molecule has 3 nitrogen and oxygen atoms in total. The van der Waals surface area contributed by atoms with Gasteiger partial charge in [0.2, 0.25) is 0 Å². The first kappa shape index (κ1) is 19.5. The van der Waals surface area contributed by atoms with Gasteiger partial charge in [0.25, 0.3) is 0 Å². The smallest absolute Gasteiger partial charge is 0.312 e. The lowest BCUT2D eigenvalue weighted by Crippen LogP contribution is -3.00. The summed E-state index contributed by atoms with van der Waals surface area (Å²) in [7, 11) is 0. The van der Waals surface area contributed by atoms with Gasteiger partial charge in [0.1, 0.15) is 13.2 Å². The molecule has 0 spiro atoms. The van der Waals surface area contributed by atoms with E-state index in [2.05, 4.69) is 20.8 Å². The highest BCUT2D eigenvalue weighted by molar-refractivity contribution is 5.77. The maximum absolute atomic E-state index is 12.8. The minimum atomic E-state index is -0.0882. The predicted octanol–water partition coefficient (Wildman–Crippen LogP) is 0.627. The molecule has 134 valence electrons. The predicted molar refractivity (Wildman–Crippen MR) is 88.3 cm³/mol. The second-order valence-electron chi connectivity index (χ2n) is 8.35. The van der Waals surface area contributed by atoms with E-state index in [0.29, 0.717) is 6.61 Å². The molecule has 4 bridgehead atoms. The maximum atomic E-state index is 12.8. The molecule has 4 rings (SSSR count). The van der Waals surface area contributed by atoms with Crippen LogP contribution < -0.4 is 24.0 Å². The van der Waals surface area contributed by atoms with Crippen molar-refractivity contribution in [1.29, 1.82) is 0 Å². The van der Waals surface area contributed by atoms with E-state index in [0.717, 1.165) is 67.7 Å². The number of likely N-dealkylation sites (N-methyl/N-ethyl adjacent to an activating group) is 1. The fourth-order valence-electron chi connectivity index (χ4n) is 5.99. The summed E-state index contributed by atoms with van der Waals surface area (Å²) in [5, 5.41) is 0. The van der Waals surface area contributed by atoms with Crippen molar-refractivity contribution in [2.75, 3.05) is 32.8 Å². The zero-order valence-corrected chi connectivity index (χ0v) is 17.3. The topological polar surface area (TPSA) is 26.3 Å². The Morgan fingerprint density at radius 2 is 1.39 bits per heavy atom. The maximum Gasteiger partial charge on any atom is 0.312 e. The SMILES string of the molecule is CC[N+](CC)(CC)CCOC(=O)C12CC3CC(CC(C3)C1)C2.[I-]. The molecule has 4 heteroatoms. The van der Waals surface area contributed by atoms with Crippen LogP contribution in [0.15, 0.2) is 0 Å². The molecule has 0 unspecified atom stereocenters. The summed E-state index contributed by atoms with van der Waals surface area (Å²) in [6, 6.07) is 0. The van der Waals surface area contributed by atoms with Crippen LogP contribution in [0.5, 0.6) is 0 Å². The molecular weight excluding hydrogens is 401 g/mol. The van der Waals surface area contributed by atoms with Crippen LogP contribution in [0.3, 0.4) is 0 Å². The van der Waals surface area contributed by atoms with Crippen molar-refractivity contribution in [2.24, 2.45) is 23.2 Å². The first-order valence-corrected chi connectivity index (χ1v) is 9.57. The van der Waals surface area contributed by atoms with Crippen LogP contribution in [0.2, 0.25) is 0 Å². The van der Waals surface area contributed by atoms with E-state index in [1.165, 1.54) is 19.3 Å². The summed E-state index contributed by atoms with van der Waals surface area (Å²) in [6.07, 6.45) is 7.50. The number of hydrogen-bond acceptors (Lipinski definition) is 2. The number of carbonyl (C=O) groups excluding carboxylic acids is 1. The molecule has 0 atom stereocenters. The zero-order valence-electron chi connectivity index (χ0n) is 15.2. The molecule has 4 aliphatic carbocycles. The first-order valence-electron chi connectivity index (χ1n) is 9.57. The van der Waals surface area contributed by atoms with Crippen molar-refractivity contribution in [2.45, 2.75) is 59.3 Å². The highest BCUT2D eigenvalue weighted by Crippen LogP contribution is 2.60. The molecule has 0 heterocycles. The van der Waals surface area contributed by atoms with Crippen molar-refractivity contribution >= 4 is 5.97 Å². The van der Waals surface area contributed by atoms with Crippen LogP contribution in [0.25, 0.3) is 0 Å². The van der Waals surface area contributed by atoms with Gasteiger partial charge < -0.3 is 33.2 Å². The van der Waals surface area contributed by atoms with Crippen LogP contribution in [0, 0.1) is 23.2 Å². The van der Waals surface area contributed by atoms with E-state index < -0.39 is 0 Å². The zero-order chi connectivity index (χ0) is 15.8. The minimum Gasteiger partial charge on any atom is -1.00 e. The molecule has 4 fully saturated rings. The summed E-state index contributed by atoms with van der Waals surface area (Å²) >= 11 is 0. The lowest BCUT2D eigenvalue weighted by molar-refractivity contribution is -0.923. The van der Waals surface area contributed by atoms with Crippen molar-refractivity contribution in [3.8, 4) is 0 Å². The van der Waals surface area contributed by atoms with E-state index in [1.807, 2.05) is 0 Å². The molecule has 0 aliphatic heterocycles. The molecule has 0 aromatic rings. The van der Waals surface area contributed by atoms with Crippen LogP contribution >= 0.6 is 0 Å². The molecule has 0 radical (unpaired) electrons. The lowest BCUT2D eigenvalue weighted by atomic mass is 9.49. The summed E-state index contributed by atoms with van der Waals surface area (Å²) < 4.78 is 6.90. The molecule has 0 aromatic carbocycles. The van der Waals surface area contributed by atoms with Gasteiger partial charge in [-0.15, -0.1) is 0 Å². The Hall–Kier alpha value is 0.160. The summed E-state index contributed by atoms with van der Waals surface area (Å²) in [4.78, 5) is 12.8. The second kappa shape index (κ2) is 7.59. The molecule has 0 aromatic heterocycles.